The molecule has 2 N–H and O–H groups in total. The maximum Gasteiger partial charge on any atom is 0.409 e. The van der Waals surface area contributed by atoms with Crippen LogP contribution in [0.3, 0.4) is 0 Å². The van der Waals surface area contributed by atoms with Crippen LogP contribution in [0.25, 0.3) is 0 Å². The number of nitro groups is 1. The van der Waals surface area contributed by atoms with E-state index in [-0.39, 0.29) is 4.92 Å². The number of pyridine rings is 1. The van der Waals surface area contributed by atoms with Crippen LogP contribution in [-0.2, 0) is 11.8 Å². The number of anilines is 1. The summed E-state index contributed by atoms with van der Waals surface area (Å²) in [5.74, 6) is 0.304. The summed E-state index contributed by atoms with van der Waals surface area (Å²) in [6.07, 6.45) is 1.10. The maximum absolute atomic E-state index is 12.1. The second-order valence-corrected chi connectivity index (χ2v) is 8.58. The predicted octanol–water partition coefficient (Wildman–Crippen LogP) is 4.21. The fraction of sp³-hybridized carbons (Fsp3) is 0.455. The van der Waals surface area contributed by atoms with E-state index in [9.17, 15) is 20.0 Å². The molecule has 9 heteroatoms. The van der Waals surface area contributed by atoms with Gasteiger partial charge in [0.25, 0.3) is 0 Å². The highest BCUT2D eigenvalue weighted by Crippen LogP contribution is 2.47. The largest absolute Gasteiger partial charge is 0.493 e. The van der Waals surface area contributed by atoms with Crippen molar-refractivity contribution in [2.75, 3.05) is 19.5 Å². The highest BCUT2D eigenvalue weighted by molar-refractivity contribution is 5.85. The van der Waals surface area contributed by atoms with Crippen LogP contribution < -0.4 is 14.8 Å². The topological polar surface area (TPSA) is 124 Å². The Bertz CT molecular complexity index is 1020. The number of methoxy groups -OCH3 is 2. The zero-order chi connectivity index (χ0) is 22.9. The number of rotatable bonds is 5. The molecule has 9 nitrogen and oxygen atoms in total. The molecule has 0 radical (unpaired) electrons. The molecular weight excluding hydrogens is 402 g/mol. The Morgan fingerprint density at radius 2 is 1.90 bits per heavy atom. The molecule has 0 aliphatic heterocycles. The number of fused-ring (bicyclic) bond motifs is 1. The molecule has 0 saturated heterocycles. The number of aryl methyl sites for hydroxylation is 1. The third-order valence-electron chi connectivity index (χ3n) is 5.60. The first-order valence-electron chi connectivity index (χ1n) is 9.96. The zero-order valence-corrected chi connectivity index (χ0v) is 18.3. The van der Waals surface area contributed by atoms with Gasteiger partial charge in [0.1, 0.15) is 0 Å². The van der Waals surface area contributed by atoms with Crippen molar-refractivity contribution in [2.24, 2.45) is 0 Å². The monoisotopic (exact) mass is 429 g/mol. The Morgan fingerprint density at radius 1 is 1.26 bits per heavy atom. The van der Waals surface area contributed by atoms with Gasteiger partial charge in [0.05, 0.1) is 31.5 Å². The number of hydrogen-bond donors (Lipinski definition) is 2. The molecule has 0 fully saturated rings. The standard InChI is InChI=1S/C22H27N3O6/c1-22(2,3)20-19(14(8-9-23-20)24-21(26)27)18-13-11-17(31-5)16(30-4)10-12(13)6-7-15(18)25(28)29/h8-11,15,18H,6-7H2,1-5H3,(H,23,24)(H,26,27)/t15-,18-/m1/s1. The van der Waals surface area contributed by atoms with E-state index >= 15 is 0 Å². The molecule has 166 valence electrons. The molecular formula is C22H27N3O6. The Balaban J connectivity index is 2.36. The van der Waals surface area contributed by atoms with E-state index in [0.29, 0.717) is 41.3 Å². The number of carbonyl (C=O) groups is 1. The minimum atomic E-state index is -1.24. The molecule has 0 bridgehead atoms. The Labute approximate surface area is 180 Å². The number of carboxylic acid groups (broad SMARTS) is 1. The Kier molecular flexibility index (Phi) is 6.06. The molecule has 0 saturated carbocycles. The second-order valence-electron chi connectivity index (χ2n) is 8.58. The third kappa shape index (κ3) is 4.26. The molecule has 1 aromatic carbocycles. The van der Waals surface area contributed by atoms with Gasteiger partial charge in [0.2, 0.25) is 6.04 Å². The molecule has 0 spiro atoms. The van der Waals surface area contributed by atoms with Gasteiger partial charge < -0.3 is 14.6 Å². The van der Waals surface area contributed by atoms with Crippen LogP contribution in [0.15, 0.2) is 24.4 Å². The lowest BCUT2D eigenvalue weighted by atomic mass is 9.72. The van der Waals surface area contributed by atoms with Gasteiger partial charge in [-0.3, -0.25) is 20.4 Å². The number of aromatic nitrogens is 1. The van der Waals surface area contributed by atoms with E-state index in [4.69, 9.17) is 9.47 Å². The molecule has 1 heterocycles. The number of nitrogens with zero attached hydrogens (tertiary/aromatic N) is 2. The maximum atomic E-state index is 12.1. The smallest absolute Gasteiger partial charge is 0.409 e. The van der Waals surface area contributed by atoms with E-state index in [1.54, 1.807) is 12.1 Å². The second kappa shape index (κ2) is 8.41. The van der Waals surface area contributed by atoms with E-state index < -0.39 is 23.5 Å². The fourth-order valence-corrected chi connectivity index (χ4v) is 4.31. The van der Waals surface area contributed by atoms with E-state index in [1.807, 2.05) is 26.8 Å². The highest BCUT2D eigenvalue weighted by Gasteiger charge is 2.43. The van der Waals surface area contributed by atoms with Crippen LogP contribution in [-0.4, -0.2) is 41.4 Å². The molecule has 0 unspecified atom stereocenters. The molecule has 1 aromatic heterocycles. The lowest BCUT2D eigenvalue weighted by Gasteiger charge is -2.34. The average Bonchev–Trinajstić information content (AvgIpc) is 2.70. The van der Waals surface area contributed by atoms with Crippen molar-refractivity contribution in [3.05, 3.63) is 56.9 Å². The molecule has 3 rings (SSSR count). The number of amides is 1. The normalized spacial score (nSPS) is 18.1. The molecule has 1 amide bonds. The summed E-state index contributed by atoms with van der Waals surface area (Å²) in [4.78, 5) is 27.9. The minimum absolute atomic E-state index is 0.283. The van der Waals surface area contributed by atoms with Gasteiger partial charge in [0, 0.05) is 28.5 Å². The van der Waals surface area contributed by atoms with Gasteiger partial charge in [-0.15, -0.1) is 0 Å². The van der Waals surface area contributed by atoms with Crippen molar-refractivity contribution in [2.45, 2.75) is 51.0 Å². The Hall–Kier alpha value is -3.36. The van der Waals surface area contributed by atoms with Crippen LogP contribution in [0.4, 0.5) is 10.5 Å². The highest BCUT2D eigenvalue weighted by atomic mass is 16.6. The van der Waals surface area contributed by atoms with Crippen LogP contribution in [0.2, 0.25) is 0 Å². The molecule has 31 heavy (non-hydrogen) atoms. The van der Waals surface area contributed by atoms with Crippen LogP contribution in [0.1, 0.15) is 55.5 Å². The summed E-state index contributed by atoms with van der Waals surface area (Å²) in [5.41, 5.74) is 2.58. The summed E-state index contributed by atoms with van der Waals surface area (Å²) in [6, 6.07) is 4.21. The summed E-state index contributed by atoms with van der Waals surface area (Å²) >= 11 is 0. The van der Waals surface area contributed by atoms with Gasteiger partial charge >= 0.3 is 6.09 Å². The van der Waals surface area contributed by atoms with Gasteiger partial charge in [-0.2, -0.15) is 0 Å². The number of ether oxygens (including phenoxy) is 2. The van der Waals surface area contributed by atoms with Gasteiger partial charge in [-0.05, 0) is 35.7 Å². The van der Waals surface area contributed by atoms with Crippen molar-refractivity contribution >= 4 is 11.8 Å². The van der Waals surface area contributed by atoms with Gasteiger partial charge in [0.15, 0.2) is 11.5 Å². The first-order valence-corrected chi connectivity index (χ1v) is 9.96. The number of nitrogens with one attached hydrogen (secondary N) is 1. The average molecular weight is 429 g/mol. The van der Waals surface area contributed by atoms with Gasteiger partial charge in [-0.25, -0.2) is 4.79 Å². The quantitative estimate of drug-likeness (QED) is 0.539. The first kappa shape index (κ1) is 22.3. The van der Waals surface area contributed by atoms with Crippen molar-refractivity contribution in [1.82, 2.24) is 4.98 Å². The molecule has 1 aliphatic carbocycles. The third-order valence-corrected chi connectivity index (χ3v) is 5.60. The number of benzene rings is 1. The van der Waals surface area contributed by atoms with Crippen LogP contribution in [0.5, 0.6) is 11.5 Å². The van der Waals surface area contributed by atoms with Gasteiger partial charge in [-0.1, -0.05) is 20.8 Å². The van der Waals surface area contributed by atoms with Crippen molar-refractivity contribution < 1.29 is 24.3 Å². The van der Waals surface area contributed by atoms with Crippen molar-refractivity contribution in [3.8, 4) is 11.5 Å². The van der Waals surface area contributed by atoms with Crippen LogP contribution >= 0.6 is 0 Å². The molecule has 1 aliphatic rings. The summed E-state index contributed by atoms with van der Waals surface area (Å²) < 4.78 is 10.9. The fourth-order valence-electron chi connectivity index (χ4n) is 4.31. The zero-order valence-electron chi connectivity index (χ0n) is 18.3. The predicted molar refractivity (Wildman–Crippen MR) is 115 cm³/mol. The minimum Gasteiger partial charge on any atom is -0.493 e. The summed E-state index contributed by atoms with van der Waals surface area (Å²) in [5, 5.41) is 23.9. The molecule has 2 aromatic rings. The lowest BCUT2D eigenvalue weighted by Crippen LogP contribution is -2.35. The summed E-state index contributed by atoms with van der Waals surface area (Å²) in [7, 11) is 3.05. The van der Waals surface area contributed by atoms with Crippen LogP contribution in [0, 0.1) is 10.1 Å². The first-order chi connectivity index (χ1) is 14.6. The van der Waals surface area contributed by atoms with Crippen molar-refractivity contribution in [1.29, 1.82) is 0 Å². The molecule has 2 atom stereocenters. The SMILES string of the molecule is COc1cc2c(cc1OC)[C@@H](c1c(NC(=O)O)ccnc1C(C)(C)C)[C@H]([N+](=O)[O-])CC2. The van der Waals surface area contributed by atoms with E-state index in [1.165, 1.54) is 20.4 Å². The van der Waals surface area contributed by atoms with E-state index in [0.717, 1.165) is 11.1 Å². The lowest BCUT2D eigenvalue weighted by molar-refractivity contribution is -0.526. The van der Waals surface area contributed by atoms with Crippen molar-refractivity contribution in [3.63, 3.8) is 0 Å². The number of hydrogen-bond acceptors (Lipinski definition) is 6. The summed E-state index contributed by atoms with van der Waals surface area (Å²) in [6.45, 7) is 5.84. The van der Waals surface area contributed by atoms with E-state index in [2.05, 4.69) is 10.3 Å². The Morgan fingerprint density at radius 3 is 2.45 bits per heavy atom.